The molecule has 0 bridgehead atoms. The first kappa shape index (κ1) is 27.1. The first-order valence-electron chi connectivity index (χ1n) is 16.2. The molecule has 10 rings (SSSR count). The monoisotopic (exact) mass is 629 g/mol. The van der Waals surface area contributed by atoms with E-state index in [0.29, 0.717) is 0 Å². The Hall–Kier alpha value is -6.10. The zero-order chi connectivity index (χ0) is 31.6. The predicted octanol–water partition coefficient (Wildman–Crippen LogP) is 12.1. The molecular weight excluding hydrogens is 603 g/mol. The van der Waals surface area contributed by atoms with Crippen LogP contribution in [-0.2, 0) is 0 Å². The van der Waals surface area contributed by atoms with Crippen LogP contribution in [-0.4, -0.2) is 14.5 Å². The fourth-order valence-electron chi connectivity index (χ4n) is 7.21. The van der Waals surface area contributed by atoms with E-state index in [9.17, 15) is 0 Å². The summed E-state index contributed by atoms with van der Waals surface area (Å²) in [6, 6.07) is 58.4. The number of rotatable bonds is 4. The first-order chi connectivity index (χ1) is 23.8. The normalized spacial score (nSPS) is 11.8. The lowest BCUT2D eigenvalue weighted by Crippen LogP contribution is -1.95. The Labute approximate surface area is 281 Å². The summed E-state index contributed by atoms with van der Waals surface area (Å²) in [7, 11) is 0. The Morgan fingerprint density at radius 3 is 1.98 bits per heavy atom. The number of hydrogen-bond donors (Lipinski definition) is 0. The van der Waals surface area contributed by atoms with Crippen molar-refractivity contribution in [3.63, 3.8) is 0 Å². The van der Waals surface area contributed by atoms with Crippen molar-refractivity contribution in [3.8, 4) is 39.5 Å². The number of fused-ring (bicyclic) bond motifs is 7. The van der Waals surface area contributed by atoms with Crippen molar-refractivity contribution in [2.24, 2.45) is 0 Å². The van der Waals surface area contributed by atoms with Crippen LogP contribution in [0.2, 0.25) is 0 Å². The summed E-state index contributed by atoms with van der Waals surface area (Å²) in [5.41, 5.74) is 10.1. The Bertz CT molecular complexity index is 2830. The van der Waals surface area contributed by atoms with Crippen molar-refractivity contribution in [1.82, 2.24) is 14.5 Å². The van der Waals surface area contributed by atoms with Gasteiger partial charge in [-0.25, -0.2) is 9.97 Å². The van der Waals surface area contributed by atoms with Crippen LogP contribution in [0.5, 0.6) is 0 Å². The van der Waals surface area contributed by atoms with Gasteiger partial charge in [0.05, 0.1) is 22.2 Å². The molecule has 10 aromatic rings. The Balaban J connectivity index is 1.19. The number of hydrogen-bond acceptors (Lipinski definition) is 3. The SMILES string of the molecule is c1ccc(-c2nc(-c3cccc4sc5ccc(-c6ccc7c(c6)c6ccccc6n7-c6ccccc6)cc5c34)c3ccccc3n2)cc1. The summed E-state index contributed by atoms with van der Waals surface area (Å²) in [6.07, 6.45) is 0. The average molecular weight is 630 g/mol. The van der Waals surface area contributed by atoms with Gasteiger partial charge in [-0.2, -0.15) is 0 Å². The molecule has 3 aromatic heterocycles. The van der Waals surface area contributed by atoms with Gasteiger partial charge in [0.1, 0.15) is 0 Å². The molecular formula is C44H27N3S. The van der Waals surface area contributed by atoms with E-state index in [4.69, 9.17) is 9.97 Å². The molecule has 0 radical (unpaired) electrons. The van der Waals surface area contributed by atoms with Gasteiger partial charge in [0.25, 0.3) is 0 Å². The molecule has 224 valence electrons. The standard InChI is InChI=1S/C44H27N3S/c1-3-12-28(13-4-1)44-45-37-19-9-7-17-33(37)43(46-44)34-18-11-21-41-42(34)36-27-30(23-25-40(36)48-41)29-22-24-39-35(26-29)32-16-8-10-20-38(32)47(39)31-14-5-2-6-15-31/h1-27H. The Kier molecular flexibility index (Phi) is 6.05. The summed E-state index contributed by atoms with van der Waals surface area (Å²) in [4.78, 5) is 10.2. The summed E-state index contributed by atoms with van der Waals surface area (Å²) in [6.45, 7) is 0. The van der Waals surface area contributed by atoms with E-state index in [-0.39, 0.29) is 0 Å². The molecule has 0 aliphatic carbocycles. The third-order valence-electron chi connectivity index (χ3n) is 9.41. The highest BCUT2D eigenvalue weighted by molar-refractivity contribution is 7.26. The molecule has 0 saturated heterocycles. The largest absolute Gasteiger partial charge is 0.309 e. The second-order valence-electron chi connectivity index (χ2n) is 12.2. The van der Waals surface area contributed by atoms with Gasteiger partial charge >= 0.3 is 0 Å². The lowest BCUT2D eigenvalue weighted by molar-refractivity contribution is 1.18. The molecule has 0 amide bonds. The van der Waals surface area contributed by atoms with Crippen molar-refractivity contribution < 1.29 is 0 Å². The van der Waals surface area contributed by atoms with Crippen LogP contribution in [0, 0.1) is 0 Å². The van der Waals surface area contributed by atoms with Crippen LogP contribution < -0.4 is 0 Å². The number of aromatic nitrogens is 3. The van der Waals surface area contributed by atoms with Gasteiger partial charge < -0.3 is 4.57 Å². The number of thiophene rings is 1. The summed E-state index contributed by atoms with van der Waals surface area (Å²) in [5, 5.41) is 6.06. The minimum absolute atomic E-state index is 0.740. The summed E-state index contributed by atoms with van der Waals surface area (Å²) in [5.74, 6) is 0.740. The molecule has 0 N–H and O–H groups in total. The lowest BCUT2D eigenvalue weighted by Gasteiger charge is -2.11. The van der Waals surface area contributed by atoms with Gasteiger partial charge in [0.15, 0.2) is 5.82 Å². The molecule has 0 fully saturated rings. The predicted molar refractivity (Wildman–Crippen MR) is 203 cm³/mol. The average Bonchev–Trinajstić information content (AvgIpc) is 3.70. The van der Waals surface area contributed by atoms with E-state index in [0.717, 1.165) is 33.5 Å². The van der Waals surface area contributed by atoms with Crippen molar-refractivity contribution in [1.29, 1.82) is 0 Å². The molecule has 7 aromatic carbocycles. The van der Waals surface area contributed by atoms with E-state index in [2.05, 4.69) is 150 Å². The molecule has 0 atom stereocenters. The third-order valence-corrected chi connectivity index (χ3v) is 10.5. The second kappa shape index (κ2) is 10.7. The molecule has 3 nitrogen and oxygen atoms in total. The van der Waals surface area contributed by atoms with Crippen LogP contribution in [0.15, 0.2) is 164 Å². The molecule has 0 unspecified atom stereocenters. The highest BCUT2D eigenvalue weighted by Gasteiger charge is 2.18. The van der Waals surface area contributed by atoms with Crippen LogP contribution in [0.25, 0.3) is 92.3 Å². The Morgan fingerprint density at radius 1 is 0.438 bits per heavy atom. The molecule has 3 heterocycles. The summed E-state index contributed by atoms with van der Waals surface area (Å²) >= 11 is 1.84. The molecule has 0 spiro atoms. The maximum absolute atomic E-state index is 5.24. The highest BCUT2D eigenvalue weighted by Crippen LogP contribution is 2.43. The van der Waals surface area contributed by atoms with Gasteiger partial charge in [-0.05, 0) is 65.7 Å². The number of benzene rings is 7. The second-order valence-corrected chi connectivity index (χ2v) is 13.3. The van der Waals surface area contributed by atoms with Crippen LogP contribution in [0.4, 0.5) is 0 Å². The topological polar surface area (TPSA) is 30.7 Å². The lowest BCUT2D eigenvalue weighted by atomic mass is 9.97. The third kappa shape index (κ3) is 4.20. The zero-order valence-electron chi connectivity index (χ0n) is 25.8. The van der Waals surface area contributed by atoms with Gasteiger partial charge in [-0.1, -0.05) is 109 Å². The molecule has 0 saturated carbocycles. The number of para-hydroxylation sites is 3. The molecule has 0 aliphatic rings. The van der Waals surface area contributed by atoms with Crippen molar-refractivity contribution in [2.75, 3.05) is 0 Å². The van der Waals surface area contributed by atoms with Crippen molar-refractivity contribution in [2.45, 2.75) is 0 Å². The quantitative estimate of drug-likeness (QED) is 0.194. The molecule has 48 heavy (non-hydrogen) atoms. The van der Waals surface area contributed by atoms with Gasteiger partial charge in [0.2, 0.25) is 0 Å². The van der Waals surface area contributed by atoms with E-state index in [1.165, 1.54) is 58.8 Å². The van der Waals surface area contributed by atoms with E-state index in [1.807, 2.05) is 29.5 Å². The van der Waals surface area contributed by atoms with Gasteiger partial charge in [-0.3, -0.25) is 0 Å². The van der Waals surface area contributed by atoms with E-state index in [1.54, 1.807) is 0 Å². The van der Waals surface area contributed by atoms with Crippen LogP contribution in [0.3, 0.4) is 0 Å². The van der Waals surface area contributed by atoms with Crippen molar-refractivity contribution >= 4 is 64.2 Å². The fourth-order valence-corrected chi connectivity index (χ4v) is 8.32. The minimum atomic E-state index is 0.740. The van der Waals surface area contributed by atoms with Crippen LogP contribution in [0.1, 0.15) is 0 Å². The van der Waals surface area contributed by atoms with Gasteiger partial charge in [0, 0.05) is 53.1 Å². The van der Waals surface area contributed by atoms with Crippen LogP contribution >= 0.6 is 11.3 Å². The molecule has 0 aliphatic heterocycles. The van der Waals surface area contributed by atoms with Crippen molar-refractivity contribution in [3.05, 3.63) is 164 Å². The summed E-state index contributed by atoms with van der Waals surface area (Å²) < 4.78 is 4.89. The highest BCUT2D eigenvalue weighted by atomic mass is 32.1. The first-order valence-corrected chi connectivity index (χ1v) is 17.0. The smallest absolute Gasteiger partial charge is 0.160 e. The minimum Gasteiger partial charge on any atom is -0.309 e. The van der Waals surface area contributed by atoms with E-state index >= 15 is 0 Å². The molecule has 4 heteroatoms. The Morgan fingerprint density at radius 2 is 1.12 bits per heavy atom. The van der Waals surface area contributed by atoms with E-state index < -0.39 is 0 Å². The number of nitrogens with zero attached hydrogens (tertiary/aromatic N) is 3. The maximum atomic E-state index is 5.24. The fraction of sp³-hybridized carbons (Fsp3) is 0. The zero-order valence-corrected chi connectivity index (χ0v) is 26.7. The maximum Gasteiger partial charge on any atom is 0.160 e. The van der Waals surface area contributed by atoms with Gasteiger partial charge in [-0.15, -0.1) is 11.3 Å².